The van der Waals surface area contributed by atoms with Crippen molar-refractivity contribution in [3.63, 3.8) is 0 Å². The summed E-state index contributed by atoms with van der Waals surface area (Å²) in [5, 5.41) is 0. The average Bonchev–Trinajstić information content (AvgIpc) is 3.04. The summed E-state index contributed by atoms with van der Waals surface area (Å²) in [5.74, 6) is 1.80. The van der Waals surface area contributed by atoms with Gasteiger partial charge in [0.2, 0.25) is 11.8 Å². The minimum absolute atomic E-state index is 0.0160. The Morgan fingerprint density at radius 3 is 2.54 bits per heavy atom. The number of benzene rings is 1. The molecule has 2 saturated heterocycles. The van der Waals surface area contributed by atoms with Crippen LogP contribution in [0.2, 0.25) is 0 Å². The van der Waals surface area contributed by atoms with Crippen LogP contribution in [0.3, 0.4) is 0 Å². The Morgan fingerprint density at radius 2 is 1.75 bits per heavy atom. The molecule has 2 aromatic rings. The van der Waals surface area contributed by atoms with E-state index in [2.05, 4.69) is 22.0 Å². The fourth-order valence-corrected chi connectivity index (χ4v) is 4.42. The van der Waals surface area contributed by atoms with Gasteiger partial charge in [0.1, 0.15) is 11.8 Å². The van der Waals surface area contributed by atoms with Crippen LogP contribution in [0.5, 0.6) is 0 Å². The van der Waals surface area contributed by atoms with E-state index in [-0.39, 0.29) is 11.9 Å². The van der Waals surface area contributed by atoms with Crippen molar-refractivity contribution in [3.8, 4) is 0 Å². The van der Waals surface area contributed by atoms with E-state index in [1.807, 2.05) is 29.3 Å². The first-order valence-corrected chi connectivity index (χ1v) is 10.8. The van der Waals surface area contributed by atoms with Crippen LogP contribution in [0.1, 0.15) is 68.2 Å². The monoisotopic (exact) mass is 381 g/mol. The minimum Gasteiger partial charge on any atom is -0.443 e. The molecule has 2 aliphatic heterocycles. The number of nitrogens with zero attached hydrogens (tertiary/aromatic N) is 3. The molecule has 0 N–H and O–H groups in total. The number of rotatable bonds is 5. The van der Waals surface area contributed by atoms with Gasteiger partial charge in [0.05, 0.1) is 12.7 Å². The number of hydrogen-bond acceptors (Lipinski definition) is 4. The van der Waals surface area contributed by atoms with E-state index in [9.17, 15) is 4.79 Å². The summed E-state index contributed by atoms with van der Waals surface area (Å²) in [5.41, 5.74) is 1.21. The van der Waals surface area contributed by atoms with E-state index < -0.39 is 0 Å². The smallest absolute Gasteiger partial charge is 0.237 e. The molecular formula is C23H31N3O2. The van der Waals surface area contributed by atoms with Crippen LogP contribution in [0, 0.1) is 0 Å². The van der Waals surface area contributed by atoms with Crippen molar-refractivity contribution in [1.82, 2.24) is 14.8 Å². The molecule has 1 amide bonds. The van der Waals surface area contributed by atoms with E-state index in [1.54, 1.807) is 0 Å². The second kappa shape index (κ2) is 9.37. The third-order valence-electron chi connectivity index (χ3n) is 5.96. The number of likely N-dealkylation sites (tertiary alicyclic amines) is 2. The van der Waals surface area contributed by atoms with Crippen molar-refractivity contribution in [2.75, 3.05) is 26.2 Å². The summed E-state index contributed by atoms with van der Waals surface area (Å²) in [6.45, 7) is 3.44. The highest BCUT2D eigenvalue weighted by Gasteiger charge is 2.32. The van der Waals surface area contributed by atoms with Crippen LogP contribution in [0.15, 0.2) is 40.9 Å². The Hall–Kier alpha value is -2.14. The molecule has 0 saturated carbocycles. The molecule has 5 heteroatoms. The number of piperidine rings is 1. The molecule has 2 aliphatic rings. The fraction of sp³-hybridized carbons (Fsp3) is 0.565. The van der Waals surface area contributed by atoms with Gasteiger partial charge in [-0.1, -0.05) is 43.2 Å². The average molecular weight is 382 g/mol. The van der Waals surface area contributed by atoms with Crippen LogP contribution in [0.25, 0.3) is 0 Å². The Labute approximate surface area is 167 Å². The molecule has 2 fully saturated rings. The van der Waals surface area contributed by atoms with Gasteiger partial charge in [0.25, 0.3) is 0 Å². The Morgan fingerprint density at radius 1 is 1.00 bits per heavy atom. The highest BCUT2D eigenvalue weighted by Crippen LogP contribution is 2.31. The largest absolute Gasteiger partial charge is 0.443 e. The molecule has 0 aliphatic carbocycles. The maximum atomic E-state index is 13.1. The van der Waals surface area contributed by atoms with Crippen LogP contribution in [-0.2, 0) is 11.2 Å². The number of amides is 1. The number of carbonyl (C=O) groups is 1. The first-order chi connectivity index (χ1) is 13.8. The zero-order valence-corrected chi connectivity index (χ0v) is 16.7. The van der Waals surface area contributed by atoms with E-state index in [0.29, 0.717) is 12.4 Å². The van der Waals surface area contributed by atoms with Crippen LogP contribution < -0.4 is 0 Å². The fourth-order valence-electron chi connectivity index (χ4n) is 4.42. The molecule has 4 rings (SSSR count). The molecule has 1 aromatic carbocycles. The lowest BCUT2D eigenvalue weighted by atomic mass is 10.0. The van der Waals surface area contributed by atoms with Crippen LogP contribution >= 0.6 is 0 Å². The van der Waals surface area contributed by atoms with Crippen molar-refractivity contribution in [2.24, 2.45) is 0 Å². The normalized spacial score (nSPS) is 21.4. The highest BCUT2D eigenvalue weighted by atomic mass is 16.4. The first kappa shape index (κ1) is 19.2. The van der Waals surface area contributed by atoms with Gasteiger partial charge < -0.3 is 9.32 Å². The molecule has 28 heavy (non-hydrogen) atoms. The summed E-state index contributed by atoms with van der Waals surface area (Å²) >= 11 is 0. The van der Waals surface area contributed by atoms with Crippen molar-refractivity contribution in [3.05, 3.63) is 53.7 Å². The standard InChI is InChI=1S/C23H31N3O2/c27-22(18-25-13-7-1-2-8-14-25)26-15-9-6-12-21(26)23-24-17-20(28-23)16-19-10-4-3-5-11-19/h3-5,10-11,17,21H,1-2,6-9,12-16,18H2/t21-/m0/s1. The summed E-state index contributed by atoms with van der Waals surface area (Å²) in [6, 6.07) is 10.3. The lowest BCUT2D eigenvalue weighted by molar-refractivity contribution is -0.136. The molecule has 0 spiro atoms. The molecular weight excluding hydrogens is 350 g/mol. The van der Waals surface area contributed by atoms with E-state index in [0.717, 1.165) is 51.1 Å². The van der Waals surface area contributed by atoms with Gasteiger partial charge in [0, 0.05) is 13.0 Å². The Balaban J connectivity index is 1.42. The molecule has 3 heterocycles. The Kier molecular flexibility index (Phi) is 6.42. The number of oxazole rings is 1. The molecule has 5 nitrogen and oxygen atoms in total. The van der Waals surface area contributed by atoms with E-state index in [1.165, 1.54) is 31.2 Å². The highest BCUT2D eigenvalue weighted by molar-refractivity contribution is 5.78. The predicted molar refractivity (Wildman–Crippen MR) is 109 cm³/mol. The van der Waals surface area contributed by atoms with Crippen LogP contribution in [-0.4, -0.2) is 46.9 Å². The summed E-state index contributed by atoms with van der Waals surface area (Å²) in [4.78, 5) is 22.0. The van der Waals surface area contributed by atoms with Gasteiger partial charge in [-0.15, -0.1) is 0 Å². The third-order valence-corrected chi connectivity index (χ3v) is 5.96. The second-order valence-electron chi connectivity index (χ2n) is 8.12. The van der Waals surface area contributed by atoms with Gasteiger partial charge in [0.15, 0.2) is 0 Å². The Bertz CT molecular complexity index is 750. The van der Waals surface area contributed by atoms with Gasteiger partial charge in [-0.25, -0.2) is 4.98 Å². The van der Waals surface area contributed by atoms with Crippen molar-refractivity contribution >= 4 is 5.91 Å². The van der Waals surface area contributed by atoms with Gasteiger partial charge in [-0.2, -0.15) is 0 Å². The quantitative estimate of drug-likeness (QED) is 0.779. The lowest BCUT2D eigenvalue weighted by Gasteiger charge is -2.35. The summed E-state index contributed by atoms with van der Waals surface area (Å²) in [7, 11) is 0. The zero-order valence-electron chi connectivity index (χ0n) is 16.7. The molecule has 150 valence electrons. The van der Waals surface area contributed by atoms with Crippen molar-refractivity contribution < 1.29 is 9.21 Å². The summed E-state index contributed by atoms with van der Waals surface area (Å²) < 4.78 is 6.10. The number of aromatic nitrogens is 1. The topological polar surface area (TPSA) is 49.6 Å². The van der Waals surface area contributed by atoms with Gasteiger partial charge >= 0.3 is 0 Å². The van der Waals surface area contributed by atoms with Crippen molar-refractivity contribution in [1.29, 1.82) is 0 Å². The number of carbonyl (C=O) groups excluding carboxylic acids is 1. The second-order valence-corrected chi connectivity index (χ2v) is 8.12. The lowest BCUT2D eigenvalue weighted by Crippen LogP contribution is -2.44. The van der Waals surface area contributed by atoms with Gasteiger partial charge in [-0.3, -0.25) is 9.69 Å². The van der Waals surface area contributed by atoms with E-state index in [4.69, 9.17) is 4.42 Å². The predicted octanol–water partition coefficient (Wildman–Crippen LogP) is 4.20. The van der Waals surface area contributed by atoms with Crippen molar-refractivity contribution in [2.45, 2.75) is 57.4 Å². The van der Waals surface area contributed by atoms with E-state index >= 15 is 0 Å². The van der Waals surface area contributed by atoms with Gasteiger partial charge in [-0.05, 0) is 50.8 Å². The maximum absolute atomic E-state index is 13.1. The third kappa shape index (κ3) is 4.82. The molecule has 1 aromatic heterocycles. The first-order valence-electron chi connectivity index (χ1n) is 10.8. The minimum atomic E-state index is -0.0160. The molecule has 0 radical (unpaired) electrons. The molecule has 1 atom stereocenters. The number of hydrogen-bond donors (Lipinski definition) is 0. The maximum Gasteiger partial charge on any atom is 0.237 e. The molecule has 0 bridgehead atoms. The SMILES string of the molecule is O=C(CN1CCCCCC1)N1CCCC[C@H]1c1ncc(Cc2ccccc2)o1. The molecule has 0 unspecified atom stereocenters. The zero-order chi connectivity index (χ0) is 19.2. The summed E-state index contributed by atoms with van der Waals surface area (Å²) in [6.07, 6.45) is 10.7. The van der Waals surface area contributed by atoms with Crippen LogP contribution in [0.4, 0.5) is 0 Å².